The summed E-state index contributed by atoms with van der Waals surface area (Å²) >= 11 is 4.92. The molecule has 0 aliphatic heterocycles. The Balaban J connectivity index is 2.33. The Bertz CT molecular complexity index is 640. The Labute approximate surface area is 117 Å². The van der Waals surface area contributed by atoms with Crippen molar-refractivity contribution >= 4 is 28.7 Å². The maximum atomic E-state index is 5.58. The molecule has 0 radical (unpaired) electrons. The van der Waals surface area contributed by atoms with E-state index in [1.807, 2.05) is 45.0 Å². The van der Waals surface area contributed by atoms with E-state index in [0.717, 1.165) is 17.1 Å². The van der Waals surface area contributed by atoms with Gasteiger partial charge in [0.05, 0.1) is 17.1 Å². The van der Waals surface area contributed by atoms with E-state index in [4.69, 9.17) is 18.0 Å². The number of hydrogen-bond acceptors (Lipinski definition) is 4. The molecule has 19 heavy (non-hydrogen) atoms. The molecular formula is C13H15N5S. The monoisotopic (exact) mass is 273 g/mol. The first kappa shape index (κ1) is 13.4. The fraction of sp³-hybridized carbons (Fsp3) is 0.231. The van der Waals surface area contributed by atoms with E-state index in [2.05, 4.69) is 15.3 Å². The Morgan fingerprint density at radius 2 is 1.79 bits per heavy atom. The summed E-state index contributed by atoms with van der Waals surface area (Å²) in [6.07, 6.45) is 0. The summed E-state index contributed by atoms with van der Waals surface area (Å²) in [5, 5.41) is 12.9. The van der Waals surface area contributed by atoms with E-state index in [9.17, 15) is 0 Å². The van der Waals surface area contributed by atoms with Gasteiger partial charge in [0.15, 0.2) is 5.11 Å². The molecule has 6 heteroatoms. The second-order valence-corrected chi connectivity index (χ2v) is 4.72. The van der Waals surface area contributed by atoms with Crippen molar-refractivity contribution in [2.24, 2.45) is 16.0 Å². The molecule has 2 rings (SSSR count). The summed E-state index contributed by atoms with van der Waals surface area (Å²) in [5.41, 5.74) is 9.81. The number of azo groups is 1. The number of benzene rings is 1. The number of aryl methyl sites for hydroxylation is 2. The minimum atomic E-state index is 0.206. The molecule has 2 aromatic rings. The molecule has 1 heterocycles. The maximum absolute atomic E-state index is 5.58. The molecule has 1 aromatic heterocycles. The quantitative estimate of drug-likeness (QED) is 0.674. The number of thiocarbonyl (C=S) groups is 1. The van der Waals surface area contributed by atoms with Gasteiger partial charge < -0.3 is 5.73 Å². The minimum absolute atomic E-state index is 0.206. The molecule has 2 N–H and O–H groups in total. The van der Waals surface area contributed by atoms with Gasteiger partial charge in [0.1, 0.15) is 5.69 Å². The lowest BCUT2D eigenvalue weighted by atomic mass is 10.2. The normalized spacial score (nSPS) is 11.1. The lowest BCUT2D eigenvalue weighted by molar-refractivity contribution is 0.886. The molecule has 0 spiro atoms. The lowest BCUT2D eigenvalue weighted by Gasteiger charge is -1.98. The van der Waals surface area contributed by atoms with Crippen molar-refractivity contribution in [3.8, 4) is 0 Å². The number of rotatable bonds is 2. The molecule has 0 unspecified atom stereocenters. The van der Waals surface area contributed by atoms with E-state index >= 15 is 0 Å². The summed E-state index contributed by atoms with van der Waals surface area (Å²) in [4.78, 5) is 0. The molecule has 0 fully saturated rings. The summed E-state index contributed by atoms with van der Waals surface area (Å²) in [6, 6.07) is 7.82. The Morgan fingerprint density at radius 1 is 1.16 bits per heavy atom. The van der Waals surface area contributed by atoms with Crippen molar-refractivity contribution in [3.05, 3.63) is 41.2 Å². The van der Waals surface area contributed by atoms with Crippen molar-refractivity contribution in [1.82, 2.24) is 9.78 Å². The zero-order valence-electron chi connectivity index (χ0n) is 11.1. The topological polar surface area (TPSA) is 68.6 Å². The third-order valence-corrected chi connectivity index (χ3v) is 2.93. The zero-order valence-corrected chi connectivity index (χ0v) is 11.9. The van der Waals surface area contributed by atoms with Gasteiger partial charge in [-0.15, -0.1) is 5.11 Å². The first-order valence-corrected chi connectivity index (χ1v) is 6.24. The standard InChI is InChI=1S/C13H15N5S/c1-8-4-6-11(7-5-8)15-16-12-9(2)17-18(10(12)3)13(14)19/h4-7H,1-3H3,(H2,14,19). The van der Waals surface area contributed by atoms with Crippen LogP contribution in [-0.2, 0) is 0 Å². The average Bonchev–Trinajstić information content (AvgIpc) is 2.65. The molecule has 0 bridgehead atoms. The fourth-order valence-corrected chi connectivity index (χ4v) is 1.89. The van der Waals surface area contributed by atoms with Crippen LogP contribution in [-0.4, -0.2) is 14.9 Å². The van der Waals surface area contributed by atoms with Gasteiger partial charge in [-0.25, -0.2) is 4.68 Å². The van der Waals surface area contributed by atoms with Crippen LogP contribution in [0.15, 0.2) is 34.5 Å². The molecule has 0 aliphatic carbocycles. The van der Waals surface area contributed by atoms with Gasteiger partial charge in [-0.05, 0) is 45.1 Å². The van der Waals surface area contributed by atoms with E-state index in [-0.39, 0.29) is 5.11 Å². The number of nitrogens with zero attached hydrogens (tertiary/aromatic N) is 4. The first-order chi connectivity index (χ1) is 8.99. The molecule has 0 atom stereocenters. The van der Waals surface area contributed by atoms with Crippen molar-refractivity contribution in [1.29, 1.82) is 0 Å². The zero-order chi connectivity index (χ0) is 14.0. The molecular weight excluding hydrogens is 258 g/mol. The fourth-order valence-electron chi connectivity index (χ4n) is 1.71. The van der Waals surface area contributed by atoms with Gasteiger partial charge in [0.2, 0.25) is 0 Å². The van der Waals surface area contributed by atoms with Crippen molar-refractivity contribution in [3.63, 3.8) is 0 Å². The predicted octanol–water partition coefficient (Wildman–Crippen LogP) is 3.32. The van der Waals surface area contributed by atoms with Gasteiger partial charge in [-0.2, -0.15) is 10.2 Å². The van der Waals surface area contributed by atoms with Crippen LogP contribution in [0, 0.1) is 20.8 Å². The Morgan fingerprint density at radius 3 is 2.32 bits per heavy atom. The highest BCUT2D eigenvalue weighted by Gasteiger charge is 2.12. The third-order valence-electron chi connectivity index (χ3n) is 2.76. The predicted molar refractivity (Wildman–Crippen MR) is 79.2 cm³/mol. The summed E-state index contributed by atoms with van der Waals surface area (Å²) in [5.74, 6) is 0. The van der Waals surface area contributed by atoms with Gasteiger partial charge in [-0.3, -0.25) is 0 Å². The number of hydrogen-bond donors (Lipinski definition) is 1. The van der Waals surface area contributed by atoms with E-state index in [0.29, 0.717) is 5.69 Å². The van der Waals surface area contributed by atoms with Crippen LogP contribution in [0.5, 0.6) is 0 Å². The van der Waals surface area contributed by atoms with E-state index in [1.54, 1.807) is 0 Å². The van der Waals surface area contributed by atoms with Crippen LogP contribution < -0.4 is 5.73 Å². The smallest absolute Gasteiger partial charge is 0.191 e. The summed E-state index contributed by atoms with van der Waals surface area (Å²) < 4.78 is 1.49. The molecule has 0 aliphatic rings. The van der Waals surface area contributed by atoms with E-state index in [1.165, 1.54) is 10.2 Å². The lowest BCUT2D eigenvalue weighted by Crippen LogP contribution is -2.21. The van der Waals surface area contributed by atoms with Crippen LogP contribution >= 0.6 is 12.2 Å². The molecule has 5 nitrogen and oxygen atoms in total. The van der Waals surface area contributed by atoms with Crippen molar-refractivity contribution in [2.75, 3.05) is 0 Å². The van der Waals surface area contributed by atoms with Gasteiger partial charge in [0.25, 0.3) is 0 Å². The van der Waals surface area contributed by atoms with Crippen LogP contribution in [0.4, 0.5) is 11.4 Å². The van der Waals surface area contributed by atoms with Crippen molar-refractivity contribution < 1.29 is 0 Å². The van der Waals surface area contributed by atoms with E-state index < -0.39 is 0 Å². The molecule has 1 aromatic carbocycles. The molecule has 0 saturated carbocycles. The highest BCUT2D eigenvalue weighted by atomic mass is 32.1. The largest absolute Gasteiger partial charge is 0.374 e. The van der Waals surface area contributed by atoms with Gasteiger partial charge >= 0.3 is 0 Å². The molecule has 0 amide bonds. The summed E-state index contributed by atoms with van der Waals surface area (Å²) in [6.45, 7) is 5.75. The second-order valence-electron chi connectivity index (χ2n) is 4.31. The third kappa shape index (κ3) is 2.85. The van der Waals surface area contributed by atoms with Crippen LogP contribution in [0.25, 0.3) is 0 Å². The Kier molecular flexibility index (Phi) is 3.71. The van der Waals surface area contributed by atoms with Gasteiger partial charge in [-0.1, -0.05) is 17.7 Å². The first-order valence-electron chi connectivity index (χ1n) is 5.83. The van der Waals surface area contributed by atoms with Crippen LogP contribution in [0.3, 0.4) is 0 Å². The van der Waals surface area contributed by atoms with Crippen molar-refractivity contribution in [2.45, 2.75) is 20.8 Å². The number of aromatic nitrogens is 2. The second kappa shape index (κ2) is 5.27. The van der Waals surface area contributed by atoms with Crippen LogP contribution in [0.1, 0.15) is 17.0 Å². The summed E-state index contributed by atoms with van der Waals surface area (Å²) in [7, 11) is 0. The van der Waals surface area contributed by atoms with Gasteiger partial charge in [0, 0.05) is 0 Å². The number of nitrogens with two attached hydrogens (primary N) is 1. The highest BCUT2D eigenvalue weighted by Crippen LogP contribution is 2.25. The highest BCUT2D eigenvalue weighted by molar-refractivity contribution is 7.80. The Hall–Kier alpha value is -2.08. The average molecular weight is 273 g/mol. The minimum Gasteiger partial charge on any atom is -0.374 e. The van der Waals surface area contributed by atoms with Crippen LogP contribution in [0.2, 0.25) is 0 Å². The SMILES string of the molecule is Cc1ccc(N=Nc2c(C)nn(C(N)=S)c2C)cc1. The molecule has 98 valence electrons. The maximum Gasteiger partial charge on any atom is 0.191 e. The molecule has 0 saturated heterocycles.